The van der Waals surface area contributed by atoms with Crippen molar-refractivity contribution in [2.75, 3.05) is 13.7 Å². The van der Waals surface area contributed by atoms with E-state index in [-0.39, 0.29) is 12.3 Å². The normalized spacial score (nSPS) is 19.1. The van der Waals surface area contributed by atoms with E-state index in [1.165, 1.54) is 7.05 Å². The van der Waals surface area contributed by atoms with Crippen LogP contribution in [-0.4, -0.2) is 41.7 Å². The molecule has 2 atom stereocenters. The zero-order chi connectivity index (χ0) is 13.5. The van der Waals surface area contributed by atoms with Gasteiger partial charge < -0.3 is 14.9 Å². The van der Waals surface area contributed by atoms with Crippen LogP contribution in [0.3, 0.4) is 0 Å². The van der Waals surface area contributed by atoms with Crippen molar-refractivity contribution < 1.29 is 19.7 Å². The van der Waals surface area contributed by atoms with Crippen molar-refractivity contribution in [2.45, 2.75) is 25.9 Å². The van der Waals surface area contributed by atoms with Crippen LogP contribution in [0.1, 0.15) is 19.8 Å². The summed E-state index contributed by atoms with van der Waals surface area (Å²) < 4.78 is 5.42. The molecule has 0 heterocycles. The molecule has 0 aliphatic heterocycles. The molecular weight excluding hydrogens is 234 g/mol. The monoisotopic (exact) mass is 253 g/mol. The van der Waals surface area contributed by atoms with Crippen molar-refractivity contribution in [3.63, 3.8) is 0 Å². The molecule has 0 aromatic heterocycles. The summed E-state index contributed by atoms with van der Waals surface area (Å²) in [6.07, 6.45) is 6.83. The van der Waals surface area contributed by atoms with E-state index in [0.717, 1.165) is 18.6 Å². The molecule has 0 radical (unpaired) electrons. The molecule has 0 saturated carbocycles. The Bertz CT molecular complexity index is 384. The highest BCUT2D eigenvalue weighted by atomic mass is 16.5. The van der Waals surface area contributed by atoms with Gasteiger partial charge in [-0.05, 0) is 25.0 Å². The number of rotatable bonds is 6. The number of nitrogens with zero attached hydrogens (tertiary/aromatic N) is 1. The molecule has 100 valence electrons. The number of hydrogen-bond donors (Lipinski definition) is 2. The molecule has 1 aliphatic rings. The first-order valence-corrected chi connectivity index (χ1v) is 5.93. The van der Waals surface area contributed by atoms with Crippen LogP contribution in [0, 0.1) is 5.92 Å². The van der Waals surface area contributed by atoms with Crippen molar-refractivity contribution in [1.29, 1.82) is 0 Å². The summed E-state index contributed by atoms with van der Waals surface area (Å²) in [5.74, 6) is -0.959. The van der Waals surface area contributed by atoms with E-state index in [2.05, 4.69) is 4.99 Å². The Morgan fingerprint density at radius 2 is 2.28 bits per heavy atom. The molecular formula is C13H19NO4. The fraction of sp³-hybridized carbons (Fsp3) is 0.538. The number of hydrogen-bond acceptors (Lipinski definition) is 4. The van der Waals surface area contributed by atoms with Crippen molar-refractivity contribution in [2.24, 2.45) is 10.9 Å². The second kappa shape index (κ2) is 6.96. The van der Waals surface area contributed by atoms with Gasteiger partial charge in [-0.3, -0.25) is 4.99 Å². The summed E-state index contributed by atoms with van der Waals surface area (Å²) in [4.78, 5) is 14.6. The zero-order valence-corrected chi connectivity index (χ0v) is 10.7. The van der Waals surface area contributed by atoms with Crippen molar-refractivity contribution in [3.8, 4) is 0 Å². The van der Waals surface area contributed by atoms with E-state index in [1.54, 1.807) is 6.92 Å². The number of allylic oxidation sites excluding steroid dienone is 3. The van der Waals surface area contributed by atoms with Crippen LogP contribution >= 0.6 is 0 Å². The molecule has 0 spiro atoms. The van der Waals surface area contributed by atoms with Crippen LogP contribution in [0.2, 0.25) is 0 Å². The van der Waals surface area contributed by atoms with Gasteiger partial charge in [0.05, 0.1) is 6.10 Å². The second-order valence-electron chi connectivity index (χ2n) is 4.17. The van der Waals surface area contributed by atoms with Gasteiger partial charge in [0.2, 0.25) is 0 Å². The number of carboxylic acids is 1. The predicted molar refractivity (Wildman–Crippen MR) is 68.6 cm³/mol. The summed E-state index contributed by atoms with van der Waals surface area (Å²) in [6.45, 7) is 1.68. The highest BCUT2D eigenvalue weighted by molar-refractivity contribution is 6.36. The third kappa shape index (κ3) is 4.00. The molecule has 5 heteroatoms. The molecule has 0 amide bonds. The van der Waals surface area contributed by atoms with Crippen molar-refractivity contribution >= 4 is 11.7 Å². The highest BCUT2D eigenvalue weighted by Crippen LogP contribution is 2.13. The first-order chi connectivity index (χ1) is 8.56. The highest BCUT2D eigenvalue weighted by Gasteiger charge is 2.25. The van der Waals surface area contributed by atoms with E-state index in [4.69, 9.17) is 9.84 Å². The van der Waals surface area contributed by atoms with Gasteiger partial charge in [0.15, 0.2) is 0 Å². The molecule has 18 heavy (non-hydrogen) atoms. The van der Waals surface area contributed by atoms with Gasteiger partial charge in [0.1, 0.15) is 18.1 Å². The number of aliphatic carboxylic acids is 1. The van der Waals surface area contributed by atoms with Gasteiger partial charge in [-0.25, -0.2) is 4.79 Å². The topological polar surface area (TPSA) is 79.1 Å². The number of aliphatic hydroxyl groups excluding tert-OH is 1. The van der Waals surface area contributed by atoms with Gasteiger partial charge in [0.25, 0.3) is 0 Å². The lowest BCUT2D eigenvalue weighted by molar-refractivity contribution is -0.129. The van der Waals surface area contributed by atoms with Gasteiger partial charge in [-0.15, -0.1) is 0 Å². The Labute approximate surface area is 106 Å². The lowest BCUT2D eigenvalue weighted by atomic mass is 9.99. The minimum absolute atomic E-state index is 0.0423. The maximum absolute atomic E-state index is 10.9. The third-order valence-corrected chi connectivity index (χ3v) is 2.85. The Balaban J connectivity index is 2.49. The van der Waals surface area contributed by atoms with Crippen LogP contribution in [0.15, 0.2) is 29.0 Å². The second-order valence-corrected chi connectivity index (χ2v) is 4.17. The van der Waals surface area contributed by atoms with Gasteiger partial charge in [-0.1, -0.05) is 13.0 Å². The van der Waals surface area contributed by atoms with Crippen molar-refractivity contribution in [3.05, 3.63) is 24.0 Å². The van der Waals surface area contributed by atoms with Crippen LogP contribution in [-0.2, 0) is 9.53 Å². The van der Waals surface area contributed by atoms with Gasteiger partial charge in [-0.2, -0.15) is 0 Å². The minimum Gasteiger partial charge on any atom is -0.491 e. The number of carboxylic acid groups (broad SMARTS) is 1. The number of aliphatic hydroxyl groups is 1. The van der Waals surface area contributed by atoms with E-state index < -0.39 is 18.0 Å². The molecule has 0 fully saturated rings. The maximum Gasteiger partial charge on any atom is 0.350 e. The molecule has 0 aromatic carbocycles. The molecule has 2 unspecified atom stereocenters. The fourth-order valence-corrected chi connectivity index (χ4v) is 1.70. The standard InChI is InChI=1S/C13H19NO4/c1-9(12(14-2)13(16)17)11(15)8-18-10-6-4-3-5-7-10/h4,6-7,9,11,15H,3,5,8H2,1-2H3,(H,16,17)/b14-12+. The maximum atomic E-state index is 10.9. The van der Waals surface area contributed by atoms with E-state index in [0.29, 0.717) is 0 Å². The first kappa shape index (κ1) is 14.4. The summed E-state index contributed by atoms with van der Waals surface area (Å²) in [5.41, 5.74) is -0.0423. The van der Waals surface area contributed by atoms with E-state index >= 15 is 0 Å². The molecule has 0 bridgehead atoms. The average molecular weight is 253 g/mol. The van der Waals surface area contributed by atoms with Crippen LogP contribution < -0.4 is 0 Å². The van der Waals surface area contributed by atoms with E-state index in [1.807, 2.05) is 18.2 Å². The minimum atomic E-state index is -1.11. The summed E-state index contributed by atoms with van der Waals surface area (Å²) in [6, 6.07) is 0. The quantitative estimate of drug-likeness (QED) is 0.701. The Morgan fingerprint density at radius 3 is 2.78 bits per heavy atom. The van der Waals surface area contributed by atoms with Gasteiger partial charge >= 0.3 is 5.97 Å². The molecule has 1 rings (SSSR count). The van der Waals surface area contributed by atoms with E-state index in [9.17, 15) is 9.90 Å². The largest absolute Gasteiger partial charge is 0.491 e. The zero-order valence-electron chi connectivity index (χ0n) is 10.7. The lowest BCUT2D eigenvalue weighted by Crippen LogP contribution is -2.34. The average Bonchev–Trinajstić information content (AvgIpc) is 2.37. The Morgan fingerprint density at radius 1 is 1.56 bits per heavy atom. The first-order valence-electron chi connectivity index (χ1n) is 5.93. The van der Waals surface area contributed by atoms with Crippen LogP contribution in [0.4, 0.5) is 0 Å². The van der Waals surface area contributed by atoms with Crippen molar-refractivity contribution in [1.82, 2.24) is 0 Å². The Hall–Kier alpha value is -1.62. The summed E-state index contributed by atoms with van der Waals surface area (Å²) in [7, 11) is 1.40. The molecule has 0 aromatic rings. The predicted octanol–water partition coefficient (Wildman–Crippen LogP) is 1.39. The number of carbonyl (C=O) groups is 1. The summed E-state index contributed by atoms with van der Waals surface area (Å²) >= 11 is 0. The fourth-order valence-electron chi connectivity index (χ4n) is 1.70. The number of aliphatic imine (C=N–C) groups is 1. The number of ether oxygens (including phenoxy) is 1. The molecule has 5 nitrogen and oxygen atoms in total. The molecule has 1 aliphatic carbocycles. The molecule has 2 N–H and O–H groups in total. The Kier molecular flexibility index (Phi) is 5.58. The van der Waals surface area contributed by atoms with Gasteiger partial charge in [0, 0.05) is 13.0 Å². The third-order valence-electron chi connectivity index (χ3n) is 2.85. The lowest BCUT2D eigenvalue weighted by Gasteiger charge is -2.19. The smallest absolute Gasteiger partial charge is 0.350 e. The molecule has 0 saturated heterocycles. The summed E-state index contributed by atoms with van der Waals surface area (Å²) in [5, 5.41) is 18.8. The van der Waals surface area contributed by atoms with Crippen LogP contribution in [0.25, 0.3) is 0 Å². The van der Waals surface area contributed by atoms with Crippen LogP contribution in [0.5, 0.6) is 0 Å². The SMILES string of the molecule is C/N=C(/C(=O)O)C(C)C(O)COC1=CCCC=C1.